The average Bonchev–Trinajstić information content (AvgIpc) is 2.96. The summed E-state index contributed by atoms with van der Waals surface area (Å²) in [6.45, 7) is 5.32. The van der Waals surface area contributed by atoms with Crippen molar-refractivity contribution in [1.82, 2.24) is 14.5 Å². The maximum atomic E-state index is 12.9. The van der Waals surface area contributed by atoms with Gasteiger partial charge in [0, 0.05) is 35.0 Å². The number of benzene rings is 1. The number of rotatable bonds is 5. The predicted molar refractivity (Wildman–Crippen MR) is 101 cm³/mol. The number of esters is 1. The first-order valence-electron chi connectivity index (χ1n) is 8.46. The van der Waals surface area contributed by atoms with Crippen LogP contribution in [0.15, 0.2) is 48.8 Å². The van der Waals surface area contributed by atoms with E-state index in [1.54, 1.807) is 6.07 Å². The maximum absolute atomic E-state index is 12.9. The Bertz CT molecular complexity index is 996. The summed E-state index contributed by atoms with van der Waals surface area (Å²) in [4.78, 5) is 32.7. The molecule has 0 fully saturated rings. The lowest BCUT2D eigenvalue weighted by molar-refractivity contribution is 0.0313. The van der Waals surface area contributed by atoms with Crippen LogP contribution >= 0.6 is 0 Å². The van der Waals surface area contributed by atoms with Gasteiger partial charge in [-0.25, -0.2) is 14.8 Å². The SMILES string of the molecule is Cc1cc(C(=O)[C@H](C)OC(=O)c2nccnc2N)c(C)n1-c1ccccc1. The molecule has 138 valence electrons. The minimum absolute atomic E-state index is 0.0376. The van der Waals surface area contributed by atoms with E-state index in [1.807, 2.05) is 48.7 Å². The third kappa shape index (κ3) is 3.57. The first kappa shape index (κ1) is 18.3. The number of carbonyl (C=O) groups is 2. The quantitative estimate of drug-likeness (QED) is 0.552. The summed E-state index contributed by atoms with van der Waals surface area (Å²) >= 11 is 0. The molecule has 2 heterocycles. The number of ketones is 1. The van der Waals surface area contributed by atoms with Crippen LogP contribution in [-0.4, -0.2) is 32.4 Å². The van der Waals surface area contributed by atoms with Gasteiger partial charge in [-0.05, 0) is 39.0 Å². The molecule has 0 bridgehead atoms. The molecule has 0 aliphatic heterocycles. The predicted octanol–water partition coefficient (Wildman–Crippen LogP) is 2.89. The molecule has 1 atom stereocenters. The summed E-state index contributed by atoms with van der Waals surface area (Å²) in [5, 5.41) is 0. The molecule has 0 radical (unpaired) electrons. The van der Waals surface area contributed by atoms with E-state index in [0.29, 0.717) is 5.56 Å². The van der Waals surface area contributed by atoms with Crippen LogP contribution < -0.4 is 5.73 Å². The zero-order chi connectivity index (χ0) is 19.6. The monoisotopic (exact) mass is 364 g/mol. The van der Waals surface area contributed by atoms with Crippen molar-refractivity contribution in [3.63, 3.8) is 0 Å². The van der Waals surface area contributed by atoms with Gasteiger partial charge in [0.05, 0.1) is 0 Å². The second kappa shape index (κ2) is 7.41. The first-order valence-corrected chi connectivity index (χ1v) is 8.46. The molecule has 0 spiro atoms. The number of para-hydroxylation sites is 1. The van der Waals surface area contributed by atoms with Gasteiger partial charge in [0.1, 0.15) is 0 Å². The standard InChI is InChI=1S/C20H20N4O3/c1-12-11-16(13(2)24(12)15-7-5-4-6-8-15)18(25)14(3)27-20(26)17-19(21)23-10-9-22-17/h4-11,14H,1-3H3,(H2,21,23)/t14-/m0/s1. The number of nitrogen functional groups attached to an aromatic ring is 1. The van der Waals surface area contributed by atoms with Crippen molar-refractivity contribution in [3.8, 4) is 5.69 Å². The molecule has 27 heavy (non-hydrogen) atoms. The molecule has 2 N–H and O–H groups in total. The van der Waals surface area contributed by atoms with E-state index in [-0.39, 0.29) is 17.3 Å². The Balaban J connectivity index is 1.84. The van der Waals surface area contributed by atoms with E-state index in [9.17, 15) is 9.59 Å². The van der Waals surface area contributed by atoms with Gasteiger partial charge in [0.15, 0.2) is 17.6 Å². The fourth-order valence-corrected chi connectivity index (χ4v) is 2.98. The number of hydrogen-bond acceptors (Lipinski definition) is 6. The van der Waals surface area contributed by atoms with Crippen molar-refractivity contribution in [2.24, 2.45) is 0 Å². The van der Waals surface area contributed by atoms with Crippen molar-refractivity contribution >= 4 is 17.6 Å². The lowest BCUT2D eigenvalue weighted by Gasteiger charge is -2.13. The van der Waals surface area contributed by atoms with Gasteiger partial charge in [-0.1, -0.05) is 18.2 Å². The van der Waals surface area contributed by atoms with Crippen molar-refractivity contribution < 1.29 is 14.3 Å². The van der Waals surface area contributed by atoms with Gasteiger partial charge in [-0.2, -0.15) is 0 Å². The van der Waals surface area contributed by atoms with Gasteiger partial charge in [0.2, 0.25) is 5.78 Å². The Kier molecular flexibility index (Phi) is 5.03. The zero-order valence-corrected chi connectivity index (χ0v) is 15.3. The summed E-state index contributed by atoms with van der Waals surface area (Å²) in [7, 11) is 0. The number of aryl methyl sites for hydroxylation is 1. The molecule has 2 aromatic heterocycles. The molecular formula is C20H20N4O3. The zero-order valence-electron chi connectivity index (χ0n) is 15.3. The number of nitrogens with zero attached hydrogens (tertiary/aromatic N) is 3. The van der Waals surface area contributed by atoms with Crippen LogP contribution in [0.2, 0.25) is 0 Å². The molecule has 3 aromatic rings. The second-order valence-corrected chi connectivity index (χ2v) is 6.16. The molecule has 0 aliphatic carbocycles. The summed E-state index contributed by atoms with van der Waals surface area (Å²) in [6, 6.07) is 11.5. The molecule has 0 unspecified atom stereocenters. The van der Waals surface area contributed by atoms with Crippen molar-refractivity contribution in [2.45, 2.75) is 26.9 Å². The number of anilines is 1. The first-order chi connectivity index (χ1) is 12.9. The van der Waals surface area contributed by atoms with Crippen molar-refractivity contribution in [1.29, 1.82) is 0 Å². The highest BCUT2D eigenvalue weighted by Crippen LogP contribution is 2.22. The Morgan fingerprint density at radius 1 is 1.11 bits per heavy atom. The summed E-state index contributed by atoms with van der Waals surface area (Å²) in [5.41, 5.74) is 8.69. The molecule has 1 aromatic carbocycles. The lowest BCUT2D eigenvalue weighted by atomic mass is 10.1. The van der Waals surface area contributed by atoms with E-state index in [2.05, 4.69) is 9.97 Å². The number of aromatic nitrogens is 3. The highest BCUT2D eigenvalue weighted by Gasteiger charge is 2.26. The lowest BCUT2D eigenvalue weighted by Crippen LogP contribution is -2.26. The number of hydrogen-bond donors (Lipinski definition) is 1. The Morgan fingerprint density at radius 2 is 1.78 bits per heavy atom. The Morgan fingerprint density at radius 3 is 2.44 bits per heavy atom. The van der Waals surface area contributed by atoms with Crippen LogP contribution in [0, 0.1) is 13.8 Å². The maximum Gasteiger partial charge on any atom is 0.361 e. The molecule has 0 aliphatic rings. The molecule has 0 amide bonds. The number of carbonyl (C=O) groups excluding carboxylic acids is 2. The van der Waals surface area contributed by atoms with E-state index < -0.39 is 12.1 Å². The number of Topliss-reactive ketones (excluding diaryl/α,β-unsaturated/α-hetero) is 1. The van der Waals surface area contributed by atoms with Gasteiger partial charge in [0.25, 0.3) is 0 Å². The van der Waals surface area contributed by atoms with Crippen LogP contribution in [-0.2, 0) is 4.74 Å². The summed E-state index contributed by atoms with van der Waals surface area (Å²) in [5.74, 6) is -1.11. The van der Waals surface area contributed by atoms with E-state index in [1.165, 1.54) is 19.3 Å². The van der Waals surface area contributed by atoms with Gasteiger partial charge in [-0.15, -0.1) is 0 Å². The average molecular weight is 364 g/mol. The number of ether oxygens (including phenoxy) is 1. The fraction of sp³-hybridized carbons (Fsp3) is 0.200. The highest BCUT2D eigenvalue weighted by atomic mass is 16.5. The molecular weight excluding hydrogens is 344 g/mol. The normalized spacial score (nSPS) is 11.8. The Hall–Kier alpha value is -3.48. The summed E-state index contributed by atoms with van der Waals surface area (Å²) in [6.07, 6.45) is 1.73. The van der Waals surface area contributed by atoms with Gasteiger partial charge >= 0.3 is 5.97 Å². The minimum atomic E-state index is -0.983. The topological polar surface area (TPSA) is 100 Å². The number of nitrogens with two attached hydrogens (primary N) is 1. The van der Waals surface area contributed by atoms with Crippen LogP contribution in [0.1, 0.15) is 39.2 Å². The van der Waals surface area contributed by atoms with Gasteiger partial charge < -0.3 is 15.0 Å². The minimum Gasteiger partial charge on any atom is -0.449 e. The van der Waals surface area contributed by atoms with E-state index in [4.69, 9.17) is 10.5 Å². The third-order valence-corrected chi connectivity index (χ3v) is 4.28. The van der Waals surface area contributed by atoms with Crippen LogP contribution in [0.3, 0.4) is 0 Å². The largest absolute Gasteiger partial charge is 0.449 e. The third-order valence-electron chi connectivity index (χ3n) is 4.28. The smallest absolute Gasteiger partial charge is 0.361 e. The highest BCUT2D eigenvalue weighted by molar-refractivity contribution is 6.02. The second-order valence-electron chi connectivity index (χ2n) is 6.16. The van der Waals surface area contributed by atoms with Crippen LogP contribution in [0.5, 0.6) is 0 Å². The molecule has 0 saturated heterocycles. The fourth-order valence-electron chi connectivity index (χ4n) is 2.98. The molecule has 0 saturated carbocycles. The van der Waals surface area contributed by atoms with E-state index in [0.717, 1.165) is 17.1 Å². The van der Waals surface area contributed by atoms with Crippen molar-refractivity contribution in [2.75, 3.05) is 5.73 Å². The Labute approximate surface area is 156 Å². The molecule has 7 heteroatoms. The molecule has 7 nitrogen and oxygen atoms in total. The van der Waals surface area contributed by atoms with Crippen molar-refractivity contribution in [3.05, 3.63) is 71.4 Å². The van der Waals surface area contributed by atoms with Crippen LogP contribution in [0.4, 0.5) is 5.82 Å². The summed E-state index contributed by atoms with van der Waals surface area (Å²) < 4.78 is 7.25. The van der Waals surface area contributed by atoms with E-state index >= 15 is 0 Å². The molecule has 3 rings (SSSR count). The van der Waals surface area contributed by atoms with Gasteiger partial charge in [-0.3, -0.25) is 4.79 Å². The van der Waals surface area contributed by atoms with Crippen LogP contribution in [0.25, 0.3) is 5.69 Å².